The fraction of sp³-hybridized carbons (Fsp3) is 0.118. The minimum absolute atomic E-state index is 0.0191. The highest BCUT2D eigenvalue weighted by Crippen LogP contribution is 2.28. The van der Waals surface area contributed by atoms with E-state index in [1.165, 1.54) is 12.1 Å². The number of aliphatic hydroxyl groups excluding tert-OH is 1. The Balaban J connectivity index is 2.00. The van der Waals surface area contributed by atoms with Crippen LogP contribution < -0.4 is 4.74 Å². The van der Waals surface area contributed by atoms with Crippen LogP contribution in [0.4, 0.5) is 5.69 Å². The second-order valence-corrected chi connectivity index (χ2v) is 5.03. The molecular weight excluding hydrogens is 324 g/mol. The monoisotopic (exact) mass is 338 g/mol. The van der Waals surface area contributed by atoms with Crippen LogP contribution in [-0.2, 0) is 0 Å². The minimum atomic E-state index is -0.475. The zero-order valence-corrected chi connectivity index (χ0v) is 13.1. The first-order chi connectivity index (χ1) is 12.2. The summed E-state index contributed by atoms with van der Waals surface area (Å²) in [5.74, 6) is 0.520. The van der Waals surface area contributed by atoms with E-state index in [1.807, 2.05) is 30.3 Å². The Hall–Kier alpha value is -3.39. The molecule has 0 saturated heterocycles. The van der Waals surface area contributed by atoms with Crippen molar-refractivity contribution >= 4 is 5.69 Å². The molecule has 0 aliphatic carbocycles. The van der Waals surface area contributed by atoms with Crippen molar-refractivity contribution in [1.82, 2.24) is 15.2 Å². The maximum atomic E-state index is 10.7. The number of non-ortho nitro benzene ring substituents is 1. The van der Waals surface area contributed by atoms with E-state index in [1.54, 1.807) is 12.1 Å². The minimum Gasteiger partial charge on any atom is -0.474 e. The Bertz CT molecular complexity index is 870. The molecule has 2 aromatic carbocycles. The normalized spacial score (nSPS) is 10.4. The van der Waals surface area contributed by atoms with Crippen LogP contribution in [0.2, 0.25) is 0 Å². The summed E-state index contributed by atoms with van der Waals surface area (Å²) in [6.07, 6.45) is 0. The van der Waals surface area contributed by atoms with Crippen molar-refractivity contribution in [3.05, 3.63) is 64.7 Å². The summed E-state index contributed by atoms with van der Waals surface area (Å²) in [5, 5.41) is 28.0. The zero-order valence-electron chi connectivity index (χ0n) is 13.1. The molecule has 126 valence electrons. The van der Waals surface area contributed by atoms with Crippen LogP contribution in [-0.4, -0.2) is 38.4 Å². The average Bonchev–Trinajstić information content (AvgIpc) is 2.67. The molecule has 0 aliphatic rings. The Morgan fingerprint density at radius 1 is 1.00 bits per heavy atom. The molecule has 0 spiro atoms. The number of rotatable bonds is 6. The van der Waals surface area contributed by atoms with E-state index in [2.05, 4.69) is 15.2 Å². The summed E-state index contributed by atoms with van der Waals surface area (Å²) in [5.41, 5.74) is 1.80. The molecule has 8 heteroatoms. The first-order valence-electron chi connectivity index (χ1n) is 7.47. The Morgan fingerprint density at radius 3 is 2.36 bits per heavy atom. The first-order valence-corrected chi connectivity index (χ1v) is 7.47. The van der Waals surface area contributed by atoms with Gasteiger partial charge in [0.1, 0.15) is 6.61 Å². The van der Waals surface area contributed by atoms with E-state index in [4.69, 9.17) is 9.84 Å². The number of aromatic nitrogens is 3. The quantitative estimate of drug-likeness (QED) is 0.543. The van der Waals surface area contributed by atoms with Crippen molar-refractivity contribution in [3.8, 4) is 28.5 Å². The Morgan fingerprint density at radius 2 is 1.72 bits per heavy atom. The lowest BCUT2D eigenvalue weighted by Gasteiger charge is -2.10. The lowest BCUT2D eigenvalue weighted by Crippen LogP contribution is -2.07. The van der Waals surface area contributed by atoms with E-state index < -0.39 is 4.92 Å². The number of hydrogen-bond donors (Lipinski definition) is 1. The number of nitro groups is 1. The third kappa shape index (κ3) is 3.75. The predicted molar refractivity (Wildman–Crippen MR) is 89.9 cm³/mol. The van der Waals surface area contributed by atoms with Crippen LogP contribution in [0.5, 0.6) is 5.88 Å². The number of aliphatic hydroxyl groups is 1. The maximum absolute atomic E-state index is 10.7. The molecule has 0 radical (unpaired) electrons. The predicted octanol–water partition coefficient (Wildman–Crippen LogP) is 2.48. The Labute approximate surface area is 142 Å². The van der Waals surface area contributed by atoms with Crippen LogP contribution >= 0.6 is 0 Å². The van der Waals surface area contributed by atoms with Crippen LogP contribution in [0, 0.1) is 10.1 Å². The van der Waals surface area contributed by atoms with Gasteiger partial charge in [-0.25, -0.2) is 0 Å². The third-order valence-corrected chi connectivity index (χ3v) is 3.37. The number of ether oxygens (including phenoxy) is 1. The van der Waals surface area contributed by atoms with Crippen LogP contribution in [0.3, 0.4) is 0 Å². The zero-order chi connectivity index (χ0) is 17.6. The molecule has 0 fully saturated rings. The van der Waals surface area contributed by atoms with Gasteiger partial charge in [0.15, 0.2) is 11.5 Å². The fourth-order valence-electron chi connectivity index (χ4n) is 2.19. The fourth-order valence-corrected chi connectivity index (χ4v) is 2.19. The van der Waals surface area contributed by atoms with Crippen molar-refractivity contribution in [2.45, 2.75) is 0 Å². The van der Waals surface area contributed by atoms with E-state index in [9.17, 15) is 10.1 Å². The van der Waals surface area contributed by atoms with Gasteiger partial charge in [0.2, 0.25) is 5.88 Å². The second kappa shape index (κ2) is 7.45. The molecule has 0 bridgehead atoms. The maximum Gasteiger partial charge on any atom is 0.269 e. The molecule has 0 unspecified atom stereocenters. The number of benzene rings is 2. The van der Waals surface area contributed by atoms with Gasteiger partial charge >= 0.3 is 0 Å². The lowest BCUT2D eigenvalue weighted by atomic mass is 10.1. The number of hydrogen-bond acceptors (Lipinski definition) is 7. The molecule has 1 heterocycles. The van der Waals surface area contributed by atoms with Gasteiger partial charge in [-0.05, 0) is 12.1 Å². The summed E-state index contributed by atoms with van der Waals surface area (Å²) in [4.78, 5) is 14.6. The van der Waals surface area contributed by atoms with Gasteiger partial charge in [0, 0.05) is 23.3 Å². The summed E-state index contributed by atoms with van der Waals surface area (Å²) in [7, 11) is 0. The molecule has 3 aromatic rings. The van der Waals surface area contributed by atoms with Crippen molar-refractivity contribution in [3.63, 3.8) is 0 Å². The topological polar surface area (TPSA) is 111 Å². The highest BCUT2D eigenvalue weighted by molar-refractivity contribution is 5.66. The summed E-state index contributed by atoms with van der Waals surface area (Å²) >= 11 is 0. The van der Waals surface area contributed by atoms with Crippen LogP contribution in [0.15, 0.2) is 54.6 Å². The highest BCUT2D eigenvalue weighted by Gasteiger charge is 2.14. The highest BCUT2D eigenvalue weighted by atomic mass is 16.6. The largest absolute Gasteiger partial charge is 0.474 e. The molecule has 8 nitrogen and oxygen atoms in total. The molecule has 0 amide bonds. The molecule has 1 aromatic heterocycles. The summed E-state index contributed by atoms with van der Waals surface area (Å²) in [6.45, 7) is -0.0939. The summed E-state index contributed by atoms with van der Waals surface area (Å²) < 4.78 is 5.49. The van der Waals surface area contributed by atoms with E-state index in [0.29, 0.717) is 11.3 Å². The van der Waals surface area contributed by atoms with Gasteiger partial charge in [-0.2, -0.15) is 4.98 Å². The SMILES string of the molecule is O=[N+]([O-])c1ccc(-c2nnc(-c3ccccc3)c(OCCO)n2)cc1. The summed E-state index contributed by atoms with van der Waals surface area (Å²) in [6, 6.07) is 15.1. The van der Waals surface area contributed by atoms with Crippen molar-refractivity contribution < 1.29 is 14.8 Å². The first kappa shape index (κ1) is 16.5. The lowest BCUT2D eigenvalue weighted by molar-refractivity contribution is -0.384. The standard InChI is InChI=1S/C17H14N4O4/c22-10-11-25-17-15(12-4-2-1-3-5-12)19-20-16(18-17)13-6-8-14(9-7-13)21(23)24/h1-9,22H,10-11H2. The van der Waals surface area contributed by atoms with Crippen molar-refractivity contribution in [2.24, 2.45) is 0 Å². The van der Waals surface area contributed by atoms with Gasteiger partial charge in [0.05, 0.1) is 11.5 Å². The van der Waals surface area contributed by atoms with Crippen molar-refractivity contribution in [2.75, 3.05) is 13.2 Å². The van der Waals surface area contributed by atoms with Gasteiger partial charge in [-0.15, -0.1) is 10.2 Å². The smallest absolute Gasteiger partial charge is 0.269 e. The number of nitrogens with zero attached hydrogens (tertiary/aromatic N) is 4. The molecule has 0 aliphatic heterocycles. The molecule has 0 atom stereocenters. The second-order valence-electron chi connectivity index (χ2n) is 5.03. The van der Waals surface area contributed by atoms with Gasteiger partial charge in [0.25, 0.3) is 5.69 Å². The van der Waals surface area contributed by atoms with Crippen LogP contribution in [0.25, 0.3) is 22.6 Å². The van der Waals surface area contributed by atoms with Gasteiger partial charge in [-0.3, -0.25) is 10.1 Å². The van der Waals surface area contributed by atoms with E-state index in [0.717, 1.165) is 5.56 Å². The average molecular weight is 338 g/mol. The molecule has 1 N–H and O–H groups in total. The third-order valence-electron chi connectivity index (χ3n) is 3.37. The van der Waals surface area contributed by atoms with E-state index in [-0.39, 0.29) is 30.6 Å². The number of nitro benzene ring substituents is 1. The molecule has 3 rings (SSSR count). The Kier molecular flexibility index (Phi) is 4.91. The molecule has 25 heavy (non-hydrogen) atoms. The van der Waals surface area contributed by atoms with E-state index >= 15 is 0 Å². The molecule has 0 saturated carbocycles. The van der Waals surface area contributed by atoms with Crippen molar-refractivity contribution in [1.29, 1.82) is 0 Å². The molecular formula is C17H14N4O4. The van der Waals surface area contributed by atoms with Gasteiger partial charge < -0.3 is 9.84 Å². The van der Waals surface area contributed by atoms with Gasteiger partial charge in [-0.1, -0.05) is 30.3 Å². The van der Waals surface area contributed by atoms with Crippen LogP contribution in [0.1, 0.15) is 0 Å².